The van der Waals surface area contributed by atoms with Crippen LogP contribution in [0.25, 0.3) is 0 Å². The maximum Gasteiger partial charge on any atom is 0.323 e. The van der Waals surface area contributed by atoms with Crippen LogP contribution in [-0.2, 0) is 4.79 Å². The highest BCUT2D eigenvalue weighted by Crippen LogP contribution is 2.34. The summed E-state index contributed by atoms with van der Waals surface area (Å²) in [6.07, 6.45) is 2.50. The van der Waals surface area contributed by atoms with Crippen molar-refractivity contribution in [3.63, 3.8) is 0 Å². The molecule has 0 radical (unpaired) electrons. The van der Waals surface area contributed by atoms with E-state index in [1.165, 1.54) is 0 Å². The predicted molar refractivity (Wildman–Crippen MR) is 103 cm³/mol. The Labute approximate surface area is 157 Å². The number of hydrogen-bond acceptors (Lipinski definition) is 4. The first-order chi connectivity index (χ1) is 13.1. The van der Waals surface area contributed by atoms with Gasteiger partial charge >= 0.3 is 6.03 Å². The lowest BCUT2D eigenvalue weighted by Crippen LogP contribution is -2.35. The minimum Gasteiger partial charge on any atom is -0.454 e. The van der Waals surface area contributed by atoms with Gasteiger partial charge in [-0.05, 0) is 49.6 Å². The number of anilines is 3. The van der Waals surface area contributed by atoms with Crippen LogP contribution in [0.1, 0.15) is 24.8 Å². The van der Waals surface area contributed by atoms with Crippen LogP contribution in [0.4, 0.5) is 21.9 Å². The number of benzene rings is 2. The molecule has 0 atom stereocenters. The summed E-state index contributed by atoms with van der Waals surface area (Å²) in [7, 11) is 0. The first-order valence-electron chi connectivity index (χ1n) is 8.99. The van der Waals surface area contributed by atoms with E-state index in [4.69, 9.17) is 9.47 Å². The Balaban J connectivity index is 1.46. The molecule has 0 spiro atoms. The molecule has 3 amide bonds. The third-order valence-corrected chi connectivity index (χ3v) is 4.71. The van der Waals surface area contributed by atoms with Crippen LogP contribution in [0.5, 0.6) is 11.5 Å². The second kappa shape index (κ2) is 7.19. The zero-order valence-electron chi connectivity index (χ0n) is 15.1. The second-order valence-electron chi connectivity index (χ2n) is 6.65. The predicted octanol–water partition coefficient (Wildman–Crippen LogP) is 3.88. The molecule has 0 aromatic heterocycles. The van der Waals surface area contributed by atoms with E-state index in [1.807, 2.05) is 25.1 Å². The lowest BCUT2D eigenvalue weighted by atomic mass is 10.1. The molecule has 2 N–H and O–H groups in total. The van der Waals surface area contributed by atoms with Gasteiger partial charge in [-0.25, -0.2) is 4.79 Å². The average molecular weight is 367 g/mol. The molecule has 7 nitrogen and oxygen atoms in total. The van der Waals surface area contributed by atoms with E-state index in [2.05, 4.69) is 10.6 Å². The van der Waals surface area contributed by atoms with Crippen molar-refractivity contribution >= 4 is 29.0 Å². The number of aryl methyl sites for hydroxylation is 1. The van der Waals surface area contributed by atoms with Gasteiger partial charge in [0.25, 0.3) is 0 Å². The van der Waals surface area contributed by atoms with Crippen molar-refractivity contribution in [2.45, 2.75) is 26.2 Å². The molecular formula is C20H21N3O4. The van der Waals surface area contributed by atoms with E-state index in [-0.39, 0.29) is 18.7 Å². The van der Waals surface area contributed by atoms with Gasteiger partial charge in [0.15, 0.2) is 11.5 Å². The van der Waals surface area contributed by atoms with E-state index < -0.39 is 0 Å². The Morgan fingerprint density at radius 1 is 1.00 bits per heavy atom. The van der Waals surface area contributed by atoms with Crippen molar-refractivity contribution < 1.29 is 19.1 Å². The average Bonchev–Trinajstić information content (AvgIpc) is 3.12. The Morgan fingerprint density at radius 3 is 2.56 bits per heavy atom. The monoisotopic (exact) mass is 367 g/mol. The van der Waals surface area contributed by atoms with E-state index in [9.17, 15) is 9.59 Å². The van der Waals surface area contributed by atoms with Gasteiger partial charge in [-0.2, -0.15) is 0 Å². The standard InChI is InChI=1S/C20H21N3O4/c1-13-5-6-14(10-16(13)23-9-3-2-4-19(23)24)21-20(25)22-15-7-8-17-18(11-15)27-12-26-17/h5-8,10-11H,2-4,9,12H2,1H3,(H2,21,22,25). The van der Waals surface area contributed by atoms with Gasteiger partial charge in [0.05, 0.1) is 0 Å². The number of carbonyl (C=O) groups is 2. The van der Waals surface area contributed by atoms with Crippen molar-refractivity contribution in [1.29, 1.82) is 0 Å². The van der Waals surface area contributed by atoms with Crippen LogP contribution in [0.3, 0.4) is 0 Å². The van der Waals surface area contributed by atoms with E-state index in [1.54, 1.807) is 23.1 Å². The fourth-order valence-corrected chi connectivity index (χ4v) is 3.31. The van der Waals surface area contributed by atoms with Crippen LogP contribution in [0.15, 0.2) is 36.4 Å². The fraction of sp³-hybridized carbons (Fsp3) is 0.300. The summed E-state index contributed by atoms with van der Waals surface area (Å²) < 4.78 is 10.6. The molecule has 7 heteroatoms. The van der Waals surface area contributed by atoms with E-state index in [0.29, 0.717) is 35.8 Å². The smallest absolute Gasteiger partial charge is 0.323 e. The largest absolute Gasteiger partial charge is 0.454 e. The van der Waals surface area contributed by atoms with Crippen LogP contribution >= 0.6 is 0 Å². The van der Waals surface area contributed by atoms with Crippen molar-refractivity contribution in [3.05, 3.63) is 42.0 Å². The number of nitrogens with zero attached hydrogens (tertiary/aromatic N) is 1. The number of fused-ring (bicyclic) bond motifs is 1. The number of carbonyl (C=O) groups excluding carboxylic acids is 2. The lowest BCUT2D eigenvalue weighted by molar-refractivity contribution is -0.119. The van der Waals surface area contributed by atoms with Crippen molar-refractivity contribution in [2.75, 3.05) is 28.9 Å². The van der Waals surface area contributed by atoms with E-state index in [0.717, 1.165) is 24.1 Å². The lowest BCUT2D eigenvalue weighted by Gasteiger charge is -2.28. The summed E-state index contributed by atoms with van der Waals surface area (Å²) in [6.45, 7) is 2.87. The van der Waals surface area contributed by atoms with Gasteiger partial charge in [-0.3, -0.25) is 4.79 Å². The molecule has 2 aromatic carbocycles. The zero-order valence-corrected chi connectivity index (χ0v) is 15.1. The summed E-state index contributed by atoms with van der Waals surface area (Å²) in [5.74, 6) is 1.40. The van der Waals surface area contributed by atoms with Crippen LogP contribution in [0, 0.1) is 6.92 Å². The van der Waals surface area contributed by atoms with Crippen LogP contribution in [0.2, 0.25) is 0 Å². The Hall–Kier alpha value is -3.22. The maximum absolute atomic E-state index is 12.3. The number of nitrogens with one attached hydrogen (secondary N) is 2. The van der Waals surface area contributed by atoms with Crippen LogP contribution in [-0.4, -0.2) is 25.3 Å². The van der Waals surface area contributed by atoms with Gasteiger partial charge in [-0.1, -0.05) is 6.07 Å². The Kier molecular flexibility index (Phi) is 4.58. The molecule has 2 aliphatic rings. The summed E-state index contributed by atoms with van der Waals surface area (Å²) in [5.41, 5.74) is 3.09. The quantitative estimate of drug-likeness (QED) is 0.863. The normalized spacial score (nSPS) is 15.6. The summed E-state index contributed by atoms with van der Waals surface area (Å²) >= 11 is 0. The molecule has 2 aliphatic heterocycles. The first-order valence-corrected chi connectivity index (χ1v) is 8.99. The molecule has 1 fully saturated rings. The minimum absolute atomic E-state index is 0.131. The molecule has 140 valence electrons. The first kappa shape index (κ1) is 17.2. The molecule has 2 aromatic rings. The fourth-order valence-electron chi connectivity index (χ4n) is 3.31. The molecule has 0 bridgehead atoms. The Morgan fingerprint density at radius 2 is 1.74 bits per heavy atom. The molecule has 0 aliphatic carbocycles. The highest BCUT2D eigenvalue weighted by Gasteiger charge is 2.21. The number of urea groups is 1. The summed E-state index contributed by atoms with van der Waals surface area (Å²) in [5, 5.41) is 5.60. The van der Waals surface area contributed by atoms with Gasteiger partial charge in [-0.15, -0.1) is 0 Å². The van der Waals surface area contributed by atoms with Gasteiger partial charge in [0.2, 0.25) is 12.7 Å². The third kappa shape index (κ3) is 3.67. The molecule has 0 unspecified atom stereocenters. The molecular weight excluding hydrogens is 346 g/mol. The number of piperidine rings is 1. The van der Waals surface area contributed by atoms with Gasteiger partial charge in [0, 0.05) is 36.1 Å². The van der Waals surface area contributed by atoms with Gasteiger partial charge < -0.3 is 25.0 Å². The van der Waals surface area contributed by atoms with Crippen molar-refractivity contribution in [2.24, 2.45) is 0 Å². The maximum atomic E-state index is 12.3. The molecule has 1 saturated heterocycles. The Bertz CT molecular complexity index is 897. The second-order valence-corrected chi connectivity index (χ2v) is 6.65. The number of rotatable bonds is 3. The molecule has 4 rings (SSSR count). The SMILES string of the molecule is Cc1ccc(NC(=O)Nc2ccc3c(c2)OCO3)cc1N1CCCCC1=O. The number of hydrogen-bond donors (Lipinski definition) is 2. The molecule has 0 saturated carbocycles. The highest BCUT2D eigenvalue weighted by molar-refractivity contribution is 6.01. The number of ether oxygens (including phenoxy) is 2. The zero-order chi connectivity index (χ0) is 18.8. The van der Waals surface area contributed by atoms with Crippen molar-refractivity contribution in [1.82, 2.24) is 0 Å². The topological polar surface area (TPSA) is 79.9 Å². The number of amides is 3. The van der Waals surface area contributed by atoms with Crippen molar-refractivity contribution in [3.8, 4) is 11.5 Å². The molecule has 2 heterocycles. The van der Waals surface area contributed by atoms with Gasteiger partial charge in [0.1, 0.15) is 0 Å². The highest BCUT2D eigenvalue weighted by atomic mass is 16.7. The molecule has 27 heavy (non-hydrogen) atoms. The summed E-state index contributed by atoms with van der Waals surface area (Å²) in [4.78, 5) is 26.4. The minimum atomic E-state index is -0.367. The van der Waals surface area contributed by atoms with E-state index >= 15 is 0 Å². The van der Waals surface area contributed by atoms with Crippen LogP contribution < -0.4 is 25.0 Å². The third-order valence-electron chi connectivity index (χ3n) is 4.71. The summed E-state index contributed by atoms with van der Waals surface area (Å²) in [6, 6.07) is 10.4.